The van der Waals surface area contributed by atoms with Gasteiger partial charge >= 0.3 is 0 Å². The molecule has 7 heteroatoms. The third-order valence-electron chi connectivity index (χ3n) is 4.68. The Kier molecular flexibility index (Phi) is 5.10. The minimum atomic E-state index is 0.597. The van der Waals surface area contributed by atoms with Gasteiger partial charge in [-0.1, -0.05) is 78.5 Å². The van der Waals surface area contributed by atoms with Crippen LogP contribution in [-0.2, 0) is 5.75 Å². The molecule has 2 heterocycles. The largest absolute Gasteiger partial charge is 0.287 e. The van der Waals surface area contributed by atoms with E-state index in [1.165, 1.54) is 0 Å². The number of nitrogens with zero attached hydrogens (tertiary/aromatic N) is 6. The standard InChI is InChI=1S/C23H18N6S/c1-4-10-18(11-5-1)21-16-24-23(28(21)19-12-6-2-7-13-19)30-17-22-25-26-27-29(22)20-14-8-3-9-15-20/h1-16H,17H2. The Hall–Kier alpha value is -3.71. The normalized spacial score (nSPS) is 10.9. The maximum atomic E-state index is 4.72. The highest BCUT2D eigenvalue weighted by molar-refractivity contribution is 7.98. The van der Waals surface area contributed by atoms with Crippen LogP contribution in [0.15, 0.2) is 102 Å². The third kappa shape index (κ3) is 3.62. The molecule has 6 nitrogen and oxygen atoms in total. The molecule has 0 atom stereocenters. The zero-order valence-corrected chi connectivity index (χ0v) is 16.9. The van der Waals surface area contributed by atoms with Gasteiger partial charge in [0.05, 0.1) is 23.3 Å². The average molecular weight is 411 g/mol. The number of imidazole rings is 1. The van der Waals surface area contributed by atoms with Crippen LogP contribution < -0.4 is 0 Å². The molecule has 5 aromatic rings. The first kappa shape index (κ1) is 18.3. The van der Waals surface area contributed by atoms with Gasteiger partial charge in [0.1, 0.15) is 0 Å². The second-order valence-corrected chi connectivity index (χ2v) is 7.54. The van der Waals surface area contributed by atoms with Crippen LogP contribution in [0.25, 0.3) is 22.6 Å². The minimum Gasteiger partial charge on any atom is -0.287 e. The van der Waals surface area contributed by atoms with Gasteiger partial charge in [-0.05, 0) is 34.7 Å². The second kappa shape index (κ2) is 8.34. The number of aromatic nitrogens is 6. The summed E-state index contributed by atoms with van der Waals surface area (Å²) >= 11 is 1.61. The fourth-order valence-corrected chi connectivity index (χ4v) is 4.17. The van der Waals surface area contributed by atoms with Gasteiger partial charge in [-0.2, -0.15) is 4.68 Å². The minimum absolute atomic E-state index is 0.597. The van der Waals surface area contributed by atoms with Gasteiger partial charge in [0, 0.05) is 11.3 Å². The highest BCUT2D eigenvalue weighted by Crippen LogP contribution is 2.31. The molecule has 0 N–H and O–H groups in total. The number of tetrazole rings is 1. The van der Waals surface area contributed by atoms with Crippen molar-refractivity contribution in [2.24, 2.45) is 0 Å². The summed E-state index contributed by atoms with van der Waals surface area (Å²) in [6.07, 6.45) is 1.92. The topological polar surface area (TPSA) is 61.4 Å². The summed E-state index contributed by atoms with van der Waals surface area (Å²) < 4.78 is 3.94. The van der Waals surface area contributed by atoms with E-state index in [0.717, 1.165) is 33.6 Å². The van der Waals surface area contributed by atoms with Gasteiger partial charge in [-0.15, -0.1) is 5.10 Å². The zero-order chi connectivity index (χ0) is 20.2. The van der Waals surface area contributed by atoms with Gasteiger partial charge < -0.3 is 0 Å². The second-order valence-electron chi connectivity index (χ2n) is 6.59. The van der Waals surface area contributed by atoms with Crippen LogP contribution in [0, 0.1) is 0 Å². The van der Waals surface area contributed by atoms with Crippen molar-refractivity contribution in [1.82, 2.24) is 29.8 Å². The zero-order valence-electron chi connectivity index (χ0n) is 16.0. The number of thioether (sulfide) groups is 1. The molecule has 0 unspecified atom stereocenters. The van der Waals surface area contributed by atoms with E-state index in [4.69, 9.17) is 4.98 Å². The van der Waals surface area contributed by atoms with Gasteiger partial charge in [0.25, 0.3) is 0 Å². The lowest BCUT2D eigenvalue weighted by Crippen LogP contribution is -2.03. The van der Waals surface area contributed by atoms with Crippen molar-refractivity contribution in [3.05, 3.63) is 103 Å². The summed E-state index contributed by atoms with van der Waals surface area (Å²) in [5.41, 5.74) is 4.18. The SMILES string of the molecule is c1ccc(-c2cnc(SCc3nnnn3-c3ccccc3)n2-c2ccccc2)cc1. The summed E-state index contributed by atoms with van der Waals surface area (Å²) in [4.78, 5) is 4.72. The van der Waals surface area contributed by atoms with E-state index < -0.39 is 0 Å². The van der Waals surface area contributed by atoms with Gasteiger partial charge in [-0.25, -0.2) is 4.98 Å². The molecule has 2 aromatic heterocycles. The van der Waals surface area contributed by atoms with E-state index in [0.29, 0.717) is 5.75 Å². The fraction of sp³-hybridized carbons (Fsp3) is 0.0435. The smallest absolute Gasteiger partial charge is 0.173 e. The fourth-order valence-electron chi connectivity index (χ4n) is 3.27. The molecule has 0 aliphatic carbocycles. The van der Waals surface area contributed by atoms with E-state index in [-0.39, 0.29) is 0 Å². The Morgan fingerprint density at radius 3 is 2.07 bits per heavy atom. The molecular formula is C23H18N6S. The average Bonchev–Trinajstić information content (AvgIpc) is 3.46. The van der Waals surface area contributed by atoms with Crippen LogP contribution in [0.5, 0.6) is 0 Å². The lowest BCUT2D eigenvalue weighted by atomic mass is 10.1. The van der Waals surface area contributed by atoms with E-state index in [2.05, 4.69) is 44.4 Å². The summed E-state index contributed by atoms with van der Waals surface area (Å²) in [6.45, 7) is 0. The van der Waals surface area contributed by atoms with Crippen molar-refractivity contribution in [2.45, 2.75) is 10.9 Å². The molecule has 0 saturated carbocycles. The maximum absolute atomic E-state index is 4.72. The van der Waals surface area contributed by atoms with Crippen LogP contribution in [0.4, 0.5) is 0 Å². The third-order valence-corrected chi connectivity index (χ3v) is 5.63. The number of hydrogen-bond donors (Lipinski definition) is 0. The summed E-state index contributed by atoms with van der Waals surface area (Å²) in [6, 6.07) is 30.5. The molecule has 0 amide bonds. The Morgan fingerprint density at radius 1 is 0.733 bits per heavy atom. The van der Waals surface area contributed by atoms with E-state index in [9.17, 15) is 0 Å². The number of hydrogen-bond acceptors (Lipinski definition) is 5. The van der Waals surface area contributed by atoms with Crippen LogP contribution in [-0.4, -0.2) is 29.8 Å². The predicted octanol–water partition coefficient (Wildman–Crippen LogP) is 4.81. The summed E-state index contributed by atoms with van der Waals surface area (Å²) in [7, 11) is 0. The van der Waals surface area contributed by atoms with Crippen molar-refractivity contribution in [3.8, 4) is 22.6 Å². The van der Waals surface area contributed by atoms with Crippen LogP contribution >= 0.6 is 11.8 Å². The van der Waals surface area contributed by atoms with E-state index in [1.54, 1.807) is 16.4 Å². The predicted molar refractivity (Wildman–Crippen MR) is 118 cm³/mol. The molecule has 0 bridgehead atoms. The van der Waals surface area contributed by atoms with Crippen molar-refractivity contribution < 1.29 is 0 Å². The Bertz CT molecular complexity index is 1230. The van der Waals surface area contributed by atoms with Gasteiger partial charge in [0.15, 0.2) is 11.0 Å². The Morgan fingerprint density at radius 2 is 1.37 bits per heavy atom. The summed E-state index contributed by atoms with van der Waals surface area (Å²) in [5.74, 6) is 1.37. The molecule has 30 heavy (non-hydrogen) atoms. The highest BCUT2D eigenvalue weighted by atomic mass is 32.2. The van der Waals surface area contributed by atoms with Crippen molar-refractivity contribution in [3.63, 3.8) is 0 Å². The van der Waals surface area contributed by atoms with Crippen LogP contribution in [0.1, 0.15) is 5.82 Å². The van der Waals surface area contributed by atoms with Crippen molar-refractivity contribution >= 4 is 11.8 Å². The maximum Gasteiger partial charge on any atom is 0.173 e. The monoisotopic (exact) mass is 410 g/mol. The van der Waals surface area contributed by atoms with Gasteiger partial charge in [-0.3, -0.25) is 4.57 Å². The molecule has 0 radical (unpaired) electrons. The molecule has 146 valence electrons. The van der Waals surface area contributed by atoms with Crippen LogP contribution in [0.3, 0.4) is 0 Å². The van der Waals surface area contributed by atoms with Crippen molar-refractivity contribution in [2.75, 3.05) is 0 Å². The molecule has 0 aliphatic rings. The highest BCUT2D eigenvalue weighted by Gasteiger charge is 2.16. The van der Waals surface area contributed by atoms with Gasteiger partial charge in [0.2, 0.25) is 0 Å². The molecular weight excluding hydrogens is 392 g/mol. The lowest BCUT2D eigenvalue weighted by molar-refractivity contribution is 0.777. The first-order chi connectivity index (χ1) is 14.9. The van der Waals surface area contributed by atoms with Crippen LogP contribution in [0.2, 0.25) is 0 Å². The lowest BCUT2D eigenvalue weighted by Gasteiger charge is -2.12. The molecule has 0 fully saturated rings. The number of benzene rings is 3. The molecule has 0 saturated heterocycles. The number of para-hydroxylation sites is 2. The van der Waals surface area contributed by atoms with Crippen molar-refractivity contribution in [1.29, 1.82) is 0 Å². The first-order valence-corrected chi connectivity index (χ1v) is 10.5. The van der Waals surface area contributed by atoms with E-state index >= 15 is 0 Å². The Balaban J connectivity index is 1.49. The molecule has 0 aliphatic heterocycles. The van der Waals surface area contributed by atoms with E-state index in [1.807, 2.05) is 72.9 Å². The molecule has 3 aromatic carbocycles. The summed E-state index contributed by atoms with van der Waals surface area (Å²) in [5, 5.41) is 13.1. The first-order valence-electron chi connectivity index (χ1n) is 9.54. The molecule has 0 spiro atoms. The quantitative estimate of drug-likeness (QED) is 0.376. The Labute approximate surface area is 178 Å². The molecule has 5 rings (SSSR count). The number of rotatable bonds is 6.